The van der Waals surface area contributed by atoms with E-state index in [0.29, 0.717) is 12.3 Å². The molecule has 4 heteroatoms. The molecule has 1 amide bonds. The molecule has 0 unspecified atom stereocenters. The number of aromatic hydroxyl groups is 1. The van der Waals surface area contributed by atoms with Gasteiger partial charge >= 0.3 is 0 Å². The molecule has 0 fully saturated rings. The van der Waals surface area contributed by atoms with E-state index >= 15 is 0 Å². The summed E-state index contributed by atoms with van der Waals surface area (Å²) in [5, 5.41) is 12.4. The van der Waals surface area contributed by atoms with E-state index < -0.39 is 0 Å². The molecule has 0 radical (unpaired) electrons. The Labute approximate surface area is 124 Å². The number of rotatable bonds is 5. The van der Waals surface area contributed by atoms with Crippen LogP contribution in [0.2, 0.25) is 0 Å². The van der Waals surface area contributed by atoms with Gasteiger partial charge in [0.25, 0.3) is 0 Å². The number of amides is 1. The molecule has 4 nitrogen and oxygen atoms in total. The number of methoxy groups -OCH3 is 1. The van der Waals surface area contributed by atoms with E-state index in [0.717, 1.165) is 11.1 Å². The Morgan fingerprint density at radius 1 is 1.24 bits per heavy atom. The number of benzene rings is 2. The Hall–Kier alpha value is -2.49. The highest BCUT2D eigenvalue weighted by Gasteiger charge is 2.14. The fourth-order valence-electron chi connectivity index (χ4n) is 2.07. The molecular weight excluding hydrogens is 266 g/mol. The van der Waals surface area contributed by atoms with Crippen LogP contribution >= 0.6 is 0 Å². The summed E-state index contributed by atoms with van der Waals surface area (Å²) in [6, 6.07) is 14.7. The predicted octanol–water partition coefficient (Wildman–Crippen LogP) is 2.82. The maximum absolute atomic E-state index is 12.1. The Morgan fingerprint density at radius 2 is 1.95 bits per heavy atom. The van der Waals surface area contributed by atoms with Crippen LogP contribution in [-0.4, -0.2) is 18.1 Å². The molecule has 0 saturated heterocycles. The van der Waals surface area contributed by atoms with Gasteiger partial charge in [-0.25, -0.2) is 0 Å². The average Bonchev–Trinajstić information content (AvgIpc) is 2.53. The molecule has 0 spiro atoms. The van der Waals surface area contributed by atoms with Crippen LogP contribution in [0, 0.1) is 0 Å². The van der Waals surface area contributed by atoms with Gasteiger partial charge in [0.2, 0.25) is 5.91 Å². The number of nitrogens with one attached hydrogen (secondary N) is 1. The smallest absolute Gasteiger partial charge is 0.227 e. The zero-order valence-corrected chi connectivity index (χ0v) is 12.2. The van der Waals surface area contributed by atoms with Gasteiger partial charge in [-0.2, -0.15) is 0 Å². The minimum absolute atomic E-state index is 0.0340. The average molecular weight is 285 g/mol. The molecule has 0 aliphatic carbocycles. The molecular formula is C17H19NO3. The molecule has 2 aromatic rings. The van der Waals surface area contributed by atoms with Gasteiger partial charge in [-0.05, 0) is 30.2 Å². The summed E-state index contributed by atoms with van der Waals surface area (Å²) in [7, 11) is 1.49. The van der Waals surface area contributed by atoms with Gasteiger partial charge in [-0.15, -0.1) is 0 Å². The zero-order valence-electron chi connectivity index (χ0n) is 12.2. The highest BCUT2D eigenvalue weighted by atomic mass is 16.5. The molecule has 0 aromatic heterocycles. The molecule has 0 aliphatic rings. The number of phenols is 1. The lowest BCUT2D eigenvalue weighted by Crippen LogP contribution is -2.27. The second kappa shape index (κ2) is 6.79. The van der Waals surface area contributed by atoms with Crippen LogP contribution < -0.4 is 10.1 Å². The van der Waals surface area contributed by atoms with E-state index in [-0.39, 0.29) is 17.6 Å². The summed E-state index contributed by atoms with van der Waals surface area (Å²) in [5.41, 5.74) is 1.86. The minimum atomic E-state index is -0.204. The van der Waals surface area contributed by atoms with Crippen LogP contribution in [-0.2, 0) is 11.3 Å². The largest absolute Gasteiger partial charge is 0.504 e. The molecule has 2 N–H and O–H groups in total. The van der Waals surface area contributed by atoms with Gasteiger partial charge in [-0.1, -0.05) is 36.4 Å². The first-order valence-corrected chi connectivity index (χ1v) is 6.80. The number of hydrogen-bond donors (Lipinski definition) is 2. The van der Waals surface area contributed by atoms with Crippen molar-refractivity contribution < 1.29 is 14.6 Å². The molecule has 2 aromatic carbocycles. The van der Waals surface area contributed by atoms with E-state index in [2.05, 4.69) is 5.32 Å². The SMILES string of the molecule is COc1cc(CNC(=O)[C@H](C)c2ccccc2)ccc1O. The maximum Gasteiger partial charge on any atom is 0.227 e. The molecule has 21 heavy (non-hydrogen) atoms. The quantitative estimate of drug-likeness (QED) is 0.888. The number of carbonyl (C=O) groups excluding carboxylic acids is 1. The first kappa shape index (κ1) is 14.9. The van der Waals surface area contributed by atoms with Crippen LogP contribution in [0.4, 0.5) is 0 Å². The summed E-state index contributed by atoms with van der Waals surface area (Å²) in [5.74, 6) is 0.251. The lowest BCUT2D eigenvalue weighted by atomic mass is 10.0. The summed E-state index contributed by atoms with van der Waals surface area (Å²) in [4.78, 5) is 12.1. The fraction of sp³-hybridized carbons (Fsp3) is 0.235. The Bertz CT molecular complexity index is 611. The van der Waals surface area contributed by atoms with Crippen LogP contribution in [0.5, 0.6) is 11.5 Å². The monoisotopic (exact) mass is 285 g/mol. The fourth-order valence-corrected chi connectivity index (χ4v) is 2.07. The number of hydrogen-bond acceptors (Lipinski definition) is 3. The second-order valence-electron chi connectivity index (χ2n) is 4.86. The van der Waals surface area contributed by atoms with Crippen LogP contribution in [0.25, 0.3) is 0 Å². The summed E-state index contributed by atoms with van der Waals surface area (Å²) in [6.45, 7) is 2.27. The molecule has 0 saturated carbocycles. The number of phenolic OH excluding ortho intramolecular Hbond substituents is 1. The topological polar surface area (TPSA) is 58.6 Å². The van der Waals surface area contributed by atoms with Gasteiger partial charge in [0.15, 0.2) is 11.5 Å². The normalized spacial score (nSPS) is 11.7. The van der Waals surface area contributed by atoms with E-state index in [9.17, 15) is 9.90 Å². The molecule has 0 heterocycles. The van der Waals surface area contributed by atoms with Crippen LogP contribution in [0.3, 0.4) is 0 Å². The first-order valence-electron chi connectivity index (χ1n) is 6.80. The second-order valence-corrected chi connectivity index (χ2v) is 4.86. The van der Waals surface area contributed by atoms with Gasteiger partial charge in [0, 0.05) is 6.54 Å². The summed E-state index contributed by atoms with van der Waals surface area (Å²) < 4.78 is 5.05. The van der Waals surface area contributed by atoms with Crippen molar-refractivity contribution in [3.05, 3.63) is 59.7 Å². The van der Waals surface area contributed by atoms with Crippen LogP contribution in [0.1, 0.15) is 24.0 Å². The number of carbonyl (C=O) groups is 1. The van der Waals surface area contributed by atoms with Gasteiger partial charge in [0.05, 0.1) is 13.0 Å². The Morgan fingerprint density at radius 3 is 2.62 bits per heavy atom. The maximum atomic E-state index is 12.1. The van der Waals surface area contributed by atoms with E-state index in [1.165, 1.54) is 7.11 Å². The van der Waals surface area contributed by atoms with Crippen molar-refractivity contribution in [1.82, 2.24) is 5.32 Å². The molecule has 110 valence electrons. The third-order valence-corrected chi connectivity index (χ3v) is 3.40. The standard InChI is InChI=1S/C17H19NO3/c1-12(14-6-4-3-5-7-14)17(20)18-11-13-8-9-15(19)16(10-13)21-2/h3-10,12,19H,11H2,1-2H3,(H,18,20)/t12-/m1/s1. The number of ether oxygens (including phenoxy) is 1. The Balaban J connectivity index is 1.98. The minimum Gasteiger partial charge on any atom is -0.504 e. The molecule has 1 atom stereocenters. The third-order valence-electron chi connectivity index (χ3n) is 3.40. The van der Waals surface area contributed by atoms with Crippen molar-refractivity contribution in [3.63, 3.8) is 0 Å². The van der Waals surface area contributed by atoms with Gasteiger partial charge < -0.3 is 15.2 Å². The lowest BCUT2D eigenvalue weighted by molar-refractivity contribution is -0.122. The zero-order chi connectivity index (χ0) is 15.2. The van der Waals surface area contributed by atoms with Crippen molar-refractivity contribution in [3.8, 4) is 11.5 Å². The molecule has 0 bridgehead atoms. The summed E-state index contributed by atoms with van der Waals surface area (Å²) >= 11 is 0. The van der Waals surface area contributed by atoms with E-state index in [1.54, 1.807) is 18.2 Å². The van der Waals surface area contributed by atoms with Gasteiger partial charge in [-0.3, -0.25) is 4.79 Å². The Kier molecular flexibility index (Phi) is 4.82. The van der Waals surface area contributed by atoms with Gasteiger partial charge in [0.1, 0.15) is 0 Å². The van der Waals surface area contributed by atoms with Crippen LogP contribution in [0.15, 0.2) is 48.5 Å². The first-order chi connectivity index (χ1) is 10.1. The van der Waals surface area contributed by atoms with E-state index in [4.69, 9.17) is 4.74 Å². The predicted molar refractivity (Wildman–Crippen MR) is 81.4 cm³/mol. The highest BCUT2D eigenvalue weighted by molar-refractivity contribution is 5.83. The van der Waals surface area contributed by atoms with Crippen molar-refractivity contribution >= 4 is 5.91 Å². The lowest BCUT2D eigenvalue weighted by Gasteiger charge is -2.13. The van der Waals surface area contributed by atoms with Crippen molar-refractivity contribution in [2.24, 2.45) is 0 Å². The highest BCUT2D eigenvalue weighted by Crippen LogP contribution is 2.26. The molecule has 0 aliphatic heterocycles. The van der Waals surface area contributed by atoms with Crippen molar-refractivity contribution in [2.75, 3.05) is 7.11 Å². The van der Waals surface area contributed by atoms with Crippen molar-refractivity contribution in [2.45, 2.75) is 19.4 Å². The molecule has 2 rings (SSSR count). The third kappa shape index (κ3) is 3.75. The van der Waals surface area contributed by atoms with E-state index in [1.807, 2.05) is 37.3 Å². The summed E-state index contributed by atoms with van der Waals surface area (Å²) in [6.07, 6.45) is 0. The van der Waals surface area contributed by atoms with Crippen molar-refractivity contribution in [1.29, 1.82) is 0 Å².